The van der Waals surface area contributed by atoms with Crippen LogP contribution in [-0.4, -0.2) is 42.8 Å². The normalized spacial score (nSPS) is 11.0. The van der Waals surface area contributed by atoms with E-state index in [1.54, 1.807) is 32.4 Å². The number of aromatic nitrogens is 2. The average molecular weight is 589 g/mol. The lowest BCUT2D eigenvalue weighted by atomic mass is 10.1. The summed E-state index contributed by atoms with van der Waals surface area (Å²) < 4.78 is 18.4. The van der Waals surface area contributed by atoms with Crippen LogP contribution in [0.25, 0.3) is 11.4 Å². The van der Waals surface area contributed by atoms with Gasteiger partial charge in [0.25, 0.3) is 5.91 Å². The van der Waals surface area contributed by atoms with Crippen molar-refractivity contribution in [3.05, 3.63) is 85.8 Å². The molecule has 1 amide bonds. The number of ether oxygens (including phenoxy) is 3. The molecule has 2 aromatic carbocycles. The van der Waals surface area contributed by atoms with Gasteiger partial charge in [0, 0.05) is 47.9 Å². The first kappa shape index (κ1) is 29.0. The van der Waals surface area contributed by atoms with Crippen LogP contribution in [0.3, 0.4) is 0 Å². The monoisotopic (exact) mass is 587 g/mol. The first-order valence-corrected chi connectivity index (χ1v) is 14.2. The van der Waals surface area contributed by atoms with Gasteiger partial charge in [-0.2, -0.15) is 0 Å². The maximum absolute atomic E-state index is 13.1. The molecule has 0 unspecified atom stereocenters. The highest BCUT2D eigenvalue weighted by Gasteiger charge is 2.20. The van der Waals surface area contributed by atoms with Crippen molar-refractivity contribution in [2.75, 3.05) is 27.4 Å². The molecule has 206 valence electrons. The van der Waals surface area contributed by atoms with E-state index in [1.807, 2.05) is 30.5 Å². The molecular formula is C29H31Cl2N3O4S. The number of rotatable bonds is 13. The Morgan fingerprint density at radius 3 is 2.49 bits per heavy atom. The Bertz CT molecular complexity index is 1380. The molecule has 10 heteroatoms. The van der Waals surface area contributed by atoms with Gasteiger partial charge in [-0.3, -0.25) is 4.79 Å². The smallest absolute Gasteiger partial charge is 0.253 e. The molecule has 7 nitrogen and oxygen atoms in total. The molecule has 4 aromatic rings. The molecule has 1 N–H and O–H groups in total. The van der Waals surface area contributed by atoms with Crippen LogP contribution in [0.1, 0.15) is 33.0 Å². The highest BCUT2D eigenvalue weighted by atomic mass is 35.5. The molecule has 0 aliphatic rings. The van der Waals surface area contributed by atoms with Crippen molar-refractivity contribution in [3.63, 3.8) is 0 Å². The zero-order valence-corrected chi connectivity index (χ0v) is 24.5. The van der Waals surface area contributed by atoms with Crippen molar-refractivity contribution in [1.29, 1.82) is 0 Å². The van der Waals surface area contributed by atoms with Crippen LogP contribution >= 0.6 is 34.5 Å². The van der Waals surface area contributed by atoms with Crippen LogP contribution in [0, 0.1) is 6.92 Å². The first-order chi connectivity index (χ1) is 18.9. The van der Waals surface area contributed by atoms with Crippen molar-refractivity contribution >= 4 is 40.4 Å². The Morgan fingerprint density at radius 1 is 1.05 bits per heavy atom. The van der Waals surface area contributed by atoms with E-state index >= 15 is 0 Å². The molecule has 0 atom stereocenters. The zero-order chi connectivity index (χ0) is 27.8. The molecule has 0 radical (unpaired) electrons. The number of carbonyl (C=O) groups excluding carboxylic acids is 1. The van der Waals surface area contributed by atoms with Crippen LogP contribution in [0.4, 0.5) is 0 Å². The lowest BCUT2D eigenvalue weighted by Crippen LogP contribution is -2.25. The van der Waals surface area contributed by atoms with Gasteiger partial charge < -0.3 is 24.1 Å². The number of hydrogen-bond donors (Lipinski definition) is 1. The van der Waals surface area contributed by atoms with Gasteiger partial charge in [-0.1, -0.05) is 35.3 Å². The predicted molar refractivity (Wildman–Crippen MR) is 157 cm³/mol. The predicted octanol–water partition coefficient (Wildman–Crippen LogP) is 6.82. The molecule has 2 heterocycles. The van der Waals surface area contributed by atoms with E-state index in [1.165, 1.54) is 16.9 Å². The summed E-state index contributed by atoms with van der Waals surface area (Å²) in [6.45, 7) is 4.08. The van der Waals surface area contributed by atoms with E-state index in [0.29, 0.717) is 41.1 Å². The van der Waals surface area contributed by atoms with Gasteiger partial charge in [0.2, 0.25) is 0 Å². The number of thiazole rings is 1. The Hall–Kier alpha value is -3.04. The maximum Gasteiger partial charge on any atom is 0.253 e. The SMILES string of the molecule is COCCCNC(=O)c1cc(-c2csc(COc3cc(Cl)cc(Cl)c3)n2)n(CCc2ccc(OC)cc2)c1C. The second-order valence-electron chi connectivity index (χ2n) is 8.90. The summed E-state index contributed by atoms with van der Waals surface area (Å²) in [6.07, 6.45) is 1.54. The van der Waals surface area contributed by atoms with Crippen molar-refractivity contribution in [2.45, 2.75) is 32.9 Å². The highest BCUT2D eigenvalue weighted by molar-refractivity contribution is 7.09. The number of methoxy groups -OCH3 is 2. The zero-order valence-electron chi connectivity index (χ0n) is 22.1. The largest absolute Gasteiger partial charge is 0.497 e. The van der Waals surface area contributed by atoms with Crippen molar-refractivity contribution < 1.29 is 19.0 Å². The number of carbonyl (C=O) groups is 1. The lowest BCUT2D eigenvalue weighted by Gasteiger charge is -2.12. The quantitative estimate of drug-likeness (QED) is 0.174. The van der Waals surface area contributed by atoms with Crippen LogP contribution in [0.2, 0.25) is 10.0 Å². The van der Waals surface area contributed by atoms with Gasteiger partial charge in [0.05, 0.1) is 24.1 Å². The van der Waals surface area contributed by atoms with E-state index in [9.17, 15) is 4.79 Å². The minimum Gasteiger partial charge on any atom is -0.497 e. The van der Waals surface area contributed by atoms with Crippen molar-refractivity contribution in [3.8, 4) is 22.9 Å². The molecule has 0 spiro atoms. The third kappa shape index (κ3) is 7.76. The number of benzene rings is 2. The highest BCUT2D eigenvalue weighted by Crippen LogP contribution is 2.30. The number of amides is 1. The Labute approximate surface area is 242 Å². The molecule has 0 aliphatic carbocycles. The minimum atomic E-state index is -0.107. The van der Waals surface area contributed by atoms with Crippen LogP contribution in [-0.2, 0) is 24.3 Å². The molecule has 0 saturated heterocycles. The number of hydrogen-bond acceptors (Lipinski definition) is 6. The Morgan fingerprint density at radius 2 is 1.79 bits per heavy atom. The summed E-state index contributed by atoms with van der Waals surface area (Å²) in [7, 11) is 3.31. The second kappa shape index (κ2) is 13.8. The van der Waals surface area contributed by atoms with Crippen LogP contribution < -0.4 is 14.8 Å². The lowest BCUT2D eigenvalue weighted by molar-refractivity contribution is 0.0948. The van der Waals surface area contributed by atoms with Crippen molar-refractivity contribution in [2.24, 2.45) is 0 Å². The summed E-state index contributed by atoms with van der Waals surface area (Å²) >= 11 is 13.7. The molecule has 0 fully saturated rings. The fourth-order valence-corrected chi connectivity index (χ4v) is 5.38. The fourth-order valence-electron chi connectivity index (χ4n) is 4.17. The van der Waals surface area contributed by atoms with Gasteiger partial charge in [-0.15, -0.1) is 11.3 Å². The summed E-state index contributed by atoms with van der Waals surface area (Å²) in [5, 5.41) is 6.81. The molecule has 0 aliphatic heterocycles. The van der Waals surface area contributed by atoms with E-state index < -0.39 is 0 Å². The van der Waals surface area contributed by atoms with Gasteiger partial charge in [-0.05, 0) is 61.7 Å². The van der Waals surface area contributed by atoms with E-state index in [2.05, 4.69) is 22.0 Å². The minimum absolute atomic E-state index is 0.107. The molecule has 4 rings (SSSR count). The number of nitrogens with zero attached hydrogens (tertiary/aromatic N) is 2. The Balaban J connectivity index is 1.55. The Kier molecular flexibility index (Phi) is 10.3. The van der Waals surface area contributed by atoms with Crippen molar-refractivity contribution in [1.82, 2.24) is 14.9 Å². The van der Waals surface area contributed by atoms with E-state index in [0.717, 1.165) is 40.7 Å². The van der Waals surface area contributed by atoms with Gasteiger partial charge in [-0.25, -0.2) is 4.98 Å². The fraction of sp³-hybridized carbons (Fsp3) is 0.310. The van der Waals surface area contributed by atoms with E-state index in [4.69, 9.17) is 42.4 Å². The van der Waals surface area contributed by atoms with Gasteiger partial charge in [0.15, 0.2) is 0 Å². The second-order valence-corrected chi connectivity index (χ2v) is 10.7. The summed E-state index contributed by atoms with van der Waals surface area (Å²) in [4.78, 5) is 17.9. The topological polar surface area (TPSA) is 74.6 Å². The average Bonchev–Trinajstić information content (AvgIpc) is 3.52. The number of aryl methyl sites for hydroxylation is 1. The number of nitrogens with one attached hydrogen (secondary N) is 1. The van der Waals surface area contributed by atoms with E-state index in [-0.39, 0.29) is 12.5 Å². The number of halogens is 2. The summed E-state index contributed by atoms with van der Waals surface area (Å²) in [5.41, 5.74) is 4.38. The van der Waals surface area contributed by atoms with Gasteiger partial charge in [0.1, 0.15) is 23.1 Å². The standard InChI is InChI=1S/C29H31Cl2N3O4S/c1-19-25(29(35)32-10-4-12-36-2)16-27(34(19)11-9-20-5-7-23(37-3)8-6-20)26-18-39-28(33-26)17-38-24-14-21(30)13-22(31)15-24/h5-8,13-16,18H,4,9-12,17H2,1-3H3,(H,32,35). The molecule has 0 bridgehead atoms. The van der Waals surface area contributed by atoms with Crippen LogP contribution in [0.15, 0.2) is 53.9 Å². The first-order valence-electron chi connectivity index (χ1n) is 12.5. The molecular weight excluding hydrogens is 557 g/mol. The third-order valence-electron chi connectivity index (χ3n) is 6.22. The summed E-state index contributed by atoms with van der Waals surface area (Å²) in [5.74, 6) is 1.29. The maximum atomic E-state index is 13.1. The molecule has 0 saturated carbocycles. The summed E-state index contributed by atoms with van der Waals surface area (Å²) in [6, 6.07) is 15.0. The van der Waals surface area contributed by atoms with Crippen LogP contribution in [0.5, 0.6) is 11.5 Å². The molecule has 39 heavy (non-hydrogen) atoms. The molecule has 2 aromatic heterocycles. The third-order valence-corrected chi connectivity index (χ3v) is 7.48. The van der Waals surface area contributed by atoms with Gasteiger partial charge >= 0.3 is 0 Å².